The molecule has 1 aliphatic heterocycles. The smallest absolute Gasteiger partial charge is 0.254 e. The van der Waals surface area contributed by atoms with E-state index < -0.39 is 0 Å². The van der Waals surface area contributed by atoms with Crippen LogP contribution in [0.5, 0.6) is 0 Å². The summed E-state index contributed by atoms with van der Waals surface area (Å²) in [5.74, 6) is 0.0745. The first-order chi connectivity index (χ1) is 13.1. The largest absolute Gasteiger partial charge is 0.365 e. The molecule has 0 spiro atoms. The summed E-state index contributed by atoms with van der Waals surface area (Å²) in [7, 11) is 0. The Labute approximate surface area is 159 Å². The molecule has 3 aromatic rings. The van der Waals surface area contributed by atoms with Gasteiger partial charge in [-0.05, 0) is 38.1 Å². The fourth-order valence-electron chi connectivity index (χ4n) is 3.72. The molecule has 2 aromatic heterocycles. The number of anilines is 1. The number of nitrogens with zero attached hydrogens (tertiary/aromatic N) is 5. The van der Waals surface area contributed by atoms with Gasteiger partial charge in [0.2, 0.25) is 0 Å². The van der Waals surface area contributed by atoms with Gasteiger partial charge in [0.05, 0.1) is 22.8 Å². The third-order valence-electron chi connectivity index (χ3n) is 5.06. The number of aryl methyl sites for hydroxylation is 1. The van der Waals surface area contributed by atoms with Crippen LogP contribution in [-0.2, 0) is 0 Å². The zero-order chi connectivity index (χ0) is 18.8. The van der Waals surface area contributed by atoms with Gasteiger partial charge in [-0.2, -0.15) is 5.10 Å². The summed E-state index contributed by atoms with van der Waals surface area (Å²) in [5, 5.41) is 4.74. The fraction of sp³-hybridized carbons (Fsp3) is 0.286. The average molecular weight is 361 g/mol. The first-order valence-corrected chi connectivity index (χ1v) is 9.21. The normalized spacial score (nSPS) is 14.4. The van der Waals surface area contributed by atoms with Gasteiger partial charge in [0, 0.05) is 44.1 Å². The van der Waals surface area contributed by atoms with Crippen LogP contribution in [0.15, 0.2) is 54.9 Å². The van der Waals surface area contributed by atoms with Crippen molar-refractivity contribution in [2.75, 3.05) is 31.1 Å². The van der Waals surface area contributed by atoms with Crippen molar-refractivity contribution in [1.82, 2.24) is 19.7 Å². The highest BCUT2D eigenvalue weighted by Gasteiger charge is 2.26. The van der Waals surface area contributed by atoms with E-state index in [1.165, 1.54) is 5.69 Å². The van der Waals surface area contributed by atoms with Gasteiger partial charge in [0.25, 0.3) is 5.91 Å². The van der Waals surface area contributed by atoms with E-state index in [4.69, 9.17) is 5.10 Å². The van der Waals surface area contributed by atoms with E-state index in [1.54, 1.807) is 24.5 Å². The van der Waals surface area contributed by atoms with Crippen molar-refractivity contribution in [3.8, 4) is 5.69 Å². The topological polar surface area (TPSA) is 54.3 Å². The molecule has 1 aromatic carbocycles. The molecule has 0 bridgehead atoms. The summed E-state index contributed by atoms with van der Waals surface area (Å²) in [6, 6.07) is 13.7. The van der Waals surface area contributed by atoms with Gasteiger partial charge in [-0.25, -0.2) is 4.68 Å². The van der Waals surface area contributed by atoms with Gasteiger partial charge in [-0.15, -0.1) is 0 Å². The molecule has 27 heavy (non-hydrogen) atoms. The lowest BCUT2D eigenvalue weighted by molar-refractivity contribution is 0.0746. The monoisotopic (exact) mass is 361 g/mol. The second-order valence-corrected chi connectivity index (χ2v) is 6.78. The molecule has 1 saturated heterocycles. The van der Waals surface area contributed by atoms with Crippen molar-refractivity contribution in [2.24, 2.45) is 0 Å². The summed E-state index contributed by atoms with van der Waals surface area (Å²) in [6.07, 6.45) is 3.32. The Kier molecular flexibility index (Phi) is 4.62. The van der Waals surface area contributed by atoms with Gasteiger partial charge in [-0.3, -0.25) is 9.78 Å². The molecule has 1 aliphatic rings. The minimum atomic E-state index is 0.0745. The van der Waals surface area contributed by atoms with Gasteiger partial charge in [-0.1, -0.05) is 18.2 Å². The number of carbonyl (C=O) groups excluding carboxylic acids is 1. The van der Waals surface area contributed by atoms with Crippen molar-refractivity contribution < 1.29 is 4.79 Å². The van der Waals surface area contributed by atoms with Crippen molar-refractivity contribution in [2.45, 2.75) is 13.8 Å². The predicted octanol–water partition coefficient (Wildman–Crippen LogP) is 2.85. The fourth-order valence-corrected chi connectivity index (χ4v) is 3.72. The predicted molar refractivity (Wildman–Crippen MR) is 105 cm³/mol. The summed E-state index contributed by atoms with van der Waals surface area (Å²) in [5.41, 5.74) is 5.09. The molecule has 0 aliphatic carbocycles. The Bertz CT molecular complexity index is 928. The number of hydrogen-bond donors (Lipinski definition) is 0. The molecule has 1 fully saturated rings. The van der Waals surface area contributed by atoms with Crippen LogP contribution in [0, 0.1) is 13.8 Å². The van der Waals surface area contributed by atoms with Crippen molar-refractivity contribution in [3.63, 3.8) is 0 Å². The summed E-state index contributed by atoms with van der Waals surface area (Å²) in [4.78, 5) is 20.9. The first-order valence-electron chi connectivity index (χ1n) is 9.21. The lowest BCUT2D eigenvalue weighted by Crippen LogP contribution is -2.49. The number of benzene rings is 1. The molecule has 0 N–H and O–H groups in total. The van der Waals surface area contributed by atoms with Crippen LogP contribution < -0.4 is 4.90 Å². The van der Waals surface area contributed by atoms with E-state index in [1.807, 2.05) is 27.8 Å². The van der Waals surface area contributed by atoms with Gasteiger partial charge in [0.1, 0.15) is 0 Å². The molecule has 0 saturated carbocycles. The molecule has 3 heterocycles. The summed E-state index contributed by atoms with van der Waals surface area (Å²) < 4.78 is 2.00. The molecule has 4 rings (SSSR count). The lowest BCUT2D eigenvalue weighted by Gasteiger charge is -2.36. The number of carbonyl (C=O) groups is 1. The van der Waals surface area contributed by atoms with Gasteiger partial charge >= 0.3 is 0 Å². The molecule has 0 unspecified atom stereocenters. The maximum absolute atomic E-state index is 12.6. The Morgan fingerprint density at radius 3 is 2.26 bits per heavy atom. The third kappa shape index (κ3) is 3.30. The third-order valence-corrected chi connectivity index (χ3v) is 5.06. The molecule has 1 amide bonds. The molecule has 6 nitrogen and oxygen atoms in total. The maximum Gasteiger partial charge on any atom is 0.254 e. The maximum atomic E-state index is 12.6. The minimum absolute atomic E-state index is 0.0745. The van der Waals surface area contributed by atoms with E-state index in [0.717, 1.165) is 30.2 Å². The zero-order valence-corrected chi connectivity index (χ0v) is 15.7. The van der Waals surface area contributed by atoms with Crippen LogP contribution in [0.25, 0.3) is 5.69 Å². The molecule has 0 atom stereocenters. The Balaban J connectivity index is 1.50. The van der Waals surface area contributed by atoms with Gasteiger partial charge in [0.15, 0.2) is 0 Å². The quantitative estimate of drug-likeness (QED) is 0.720. The number of rotatable bonds is 3. The highest BCUT2D eigenvalue weighted by molar-refractivity contribution is 5.94. The zero-order valence-electron chi connectivity index (χ0n) is 15.7. The highest BCUT2D eigenvalue weighted by Crippen LogP contribution is 2.27. The lowest BCUT2D eigenvalue weighted by atomic mass is 10.2. The minimum Gasteiger partial charge on any atom is -0.365 e. The Morgan fingerprint density at radius 1 is 0.926 bits per heavy atom. The van der Waals surface area contributed by atoms with E-state index in [0.29, 0.717) is 18.7 Å². The summed E-state index contributed by atoms with van der Waals surface area (Å²) >= 11 is 0. The average Bonchev–Trinajstić information content (AvgIpc) is 3.03. The number of amides is 1. The van der Waals surface area contributed by atoms with Crippen LogP contribution in [0.1, 0.15) is 21.7 Å². The van der Waals surface area contributed by atoms with Gasteiger partial charge < -0.3 is 9.80 Å². The molecular formula is C21H23N5O. The van der Waals surface area contributed by atoms with Crippen molar-refractivity contribution >= 4 is 11.6 Å². The Morgan fingerprint density at radius 2 is 1.59 bits per heavy atom. The first kappa shape index (κ1) is 17.3. The van der Waals surface area contributed by atoms with Crippen molar-refractivity contribution in [1.29, 1.82) is 0 Å². The number of aromatic nitrogens is 3. The van der Waals surface area contributed by atoms with E-state index in [2.05, 4.69) is 35.9 Å². The number of hydrogen-bond acceptors (Lipinski definition) is 4. The number of piperazine rings is 1. The van der Waals surface area contributed by atoms with Crippen molar-refractivity contribution in [3.05, 3.63) is 71.8 Å². The van der Waals surface area contributed by atoms with E-state index >= 15 is 0 Å². The SMILES string of the molecule is Cc1nn(-c2ccccc2)c(C)c1N1CCN(C(=O)c2ccncc2)CC1. The summed E-state index contributed by atoms with van der Waals surface area (Å²) in [6.45, 7) is 7.18. The van der Waals surface area contributed by atoms with Crippen LogP contribution in [0.2, 0.25) is 0 Å². The van der Waals surface area contributed by atoms with Crippen LogP contribution in [0.3, 0.4) is 0 Å². The molecule has 0 radical (unpaired) electrons. The number of para-hydroxylation sites is 1. The Hall–Kier alpha value is -3.15. The molecule has 6 heteroatoms. The second kappa shape index (κ2) is 7.23. The molecule has 138 valence electrons. The van der Waals surface area contributed by atoms with E-state index in [9.17, 15) is 4.79 Å². The van der Waals surface area contributed by atoms with Crippen LogP contribution in [-0.4, -0.2) is 51.8 Å². The standard InChI is InChI=1S/C21H23N5O/c1-16-20(17(2)26(23-16)19-6-4-3-5-7-19)24-12-14-25(15-13-24)21(27)18-8-10-22-11-9-18/h3-11H,12-15H2,1-2H3. The molecular weight excluding hydrogens is 338 g/mol. The highest BCUT2D eigenvalue weighted by atomic mass is 16.2. The number of pyridine rings is 1. The van der Waals surface area contributed by atoms with Crippen LogP contribution >= 0.6 is 0 Å². The van der Waals surface area contributed by atoms with Crippen LogP contribution in [0.4, 0.5) is 5.69 Å². The van der Waals surface area contributed by atoms with E-state index in [-0.39, 0.29) is 5.91 Å². The second-order valence-electron chi connectivity index (χ2n) is 6.78.